The lowest BCUT2D eigenvalue weighted by molar-refractivity contribution is 0.393. The van der Waals surface area contributed by atoms with E-state index in [4.69, 9.17) is 9.98 Å². The van der Waals surface area contributed by atoms with Crippen molar-refractivity contribution in [2.24, 2.45) is 4.99 Å². The van der Waals surface area contributed by atoms with Crippen LogP contribution in [0.25, 0.3) is 0 Å². The molecule has 2 aromatic rings. The number of nitrogens with one attached hydrogen (secondary N) is 2. The van der Waals surface area contributed by atoms with Crippen LogP contribution < -0.4 is 10.6 Å². The summed E-state index contributed by atoms with van der Waals surface area (Å²) >= 11 is 1.84. The van der Waals surface area contributed by atoms with Crippen LogP contribution in [0.5, 0.6) is 0 Å². The molecule has 5 nitrogen and oxygen atoms in total. The van der Waals surface area contributed by atoms with Crippen molar-refractivity contribution in [2.75, 3.05) is 25.0 Å². The van der Waals surface area contributed by atoms with E-state index in [1.54, 1.807) is 0 Å². The monoisotopic (exact) mass is 475 g/mol. The van der Waals surface area contributed by atoms with Gasteiger partial charge in [-0.1, -0.05) is 60.9 Å². The van der Waals surface area contributed by atoms with Crippen LogP contribution in [0, 0.1) is 0 Å². The first-order valence-corrected chi connectivity index (χ1v) is 13.6. The fourth-order valence-electron chi connectivity index (χ4n) is 5.52. The van der Waals surface area contributed by atoms with E-state index < -0.39 is 0 Å². The Hall–Kier alpha value is -2.70. The lowest BCUT2D eigenvalue weighted by Crippen LogP contribution is -2.41. The van der Waals surface area contributed by atoms with E-state index in [0.717, 1.165) is 66.8 Å². The van der Waals surface area contributed by atoms with E-state index in [0.29, 0.717) is 12.0 Å². The molecule has 34 heavy (non-hydrogen) atoms. The number of anilines is 2. The van der Waals surface area contributed by atoms with Crippen LogP contribution in [0.15, 0.2) is 65.2 Å². The topological polar surface area (TPSA) is 52.5 Å². The zero-order chi connectivity index (χ0) is 22.7. The van der Waals surface area contributed by atoms with Gasteiger partial charge in [-0.25, -0.2) is 9.98 Å². The van der Waals surface area contributed by atoms with Gasteiger partial charge in [-0.05, 0) is 50.8 Å². The predicted octanol–water partition coefficient (Wildman–Crippen LogP) is 6.92. The Kier molecular flexibility index (Phi) is 6.34. The number of allylic oxidation sites excluding steroid dienone is 5. The second-order valence-corrected chi connectivity index (χ2v) is 10.8. The van der Waals surface area contributed by atoms with E-state index >= 15 is 0 Å². The zero-order valence-electron chi connectivity index (χ0n) is 19.7. The summed E-state index contributed by atoms with van der Waals surface area (Å²) in [6.07, 6.45) is 19.4. The summed E-state index contributed by atoms with van der Waals surface area (Å²) in [5.41, 5.74) is 4.60. The van der Waals surface area contributed by atoms with Gasteiger partial charge in [-0.3, -0.25) is 0 Å². The van der Waals surface area contributed by atoms with Crippen LogP contribution in [0.4, 0.5) is 16.4 Å². The number of aromatic nitrogens is 1. The fourth-order valence-corrected chi connectivity index (χ4v) is 6.67. The van der Waals surface area contributed by atoms with Gasteiger partial charge in [0.15, 0.2) is 5.84 Å². The standard InChI is InChI=1S/C28H33N5S.2H2/c1-2-4-11-20(10-3-1)18-22-19-33(17-9-16-29-22)26-25-28(31-24-15-8-7-14-23(24)30-26)34-27(32-25)21-12-5-6-13-21;;/h1-4,7-8,10,14-15,21-22,29,31H,5-6,9,11-13,16-19H2;2*1H/t22-;;/m0../s1. The van der Waals surface area contributed by atoms with Gasteiger partial charge in [0.2, 0.25) is 0 Å². The molecule has 1 aromatic carbocycles. The molecule has 6 heteroatoms. The van der Waals surface area contributed by atoms with Crippen molar-refractivity contribution >= 4 is 33.5 Å². The van der Waals surface area contributed by atoms with Gasteiger partial charge in [0.25, 0.3) is 0 Å². The van der Waals surface area contributed by atoms with Gasteiger partial charge in [0, 0.05) is 27.9 Å². The lowest BCUT2D eigenvalue weighted by Gasteiger charge is -2.27. The number of hydrogen-bond donors (Lipinski definition) is 2. The first-order valence-electron chi connectivity index (χ1n) is 12.8. The maximum absolute atomic E-state index is 5.25. The molecule has 0 unspecified atom stereocenters. The normalized spacial score (nSPS) is 22.7. The average Bonchev–Trinajstić information content (AvgIpc) is 3.33. The number of rotatable bonds is 3. The van der Waals surface area contributed by atoms with Crippen molar-refractivity contribution in [3.63, 3.8) is 0 Å². The summed E-state index contributed by atoms with van der Waals surface area (Å²) in [4.78, 5) is 13.0. The van der Waals surface area contributed by atoms with Gasteiger partial charge in [-0.2, -0.15) is 0 Å². The summed E-state index contributed by atoms with van der Waals surface area (Å²) in [5, 5.41) is 9.94. The zero-order valence-corrected chi connectivity index (χ0v) is 20.5. The molecule has 1 saturated heterocycles. The lowest BCUT2D eigenvalue weighted by atomic mass is 10.0. The maximum atomic E-state index is 5.25. The molecule has 2 fully saturated rings. The molecule has 2 N–H and O–H groups in total. The third kappa shape index (κ3) is 4.62. The van der Waals surface area contributed by atoms with E-state index in [1.165, 1.54) is 36.3 Å². The van der Waals surface area contributed by atoms with Crippen molar-refractivity contribution < 1.29 is 2.85 Å². The molecule has 2 aliphatic carbocycles. The van der Waals surface area contributed by atoms with Crippen LogP contribution in [-0.4, -0.2) is 41.4 Å². The van der Waals surface area contributed by atoms with E-state index in [-0.39, 0.29) is 2.85 Å². The number of nitrogens with zero attached hydrogens (tertiary/aromatic N) is 3. The van der Waals surface area contributed by atoms with Crippen molar-refractivity contribution in [2.45, 2.75) is 56.9 Å². The molecule has 1 saturated carbocycles. The second kappa shape index (κ2) is 9.88. The minimum absolute atomic E-state index is 0. The summed E-state index contributed by atoms with van der Waals surface area (Å²) in [7, 11) is 0. The number of hydrogen-bond acceptors (Lipinski definition) is 6. The molecule has 4 aliphatic rings. The van der Waals surface area contributed by atoms with Crippen molar-refractivity contribution in [1.29, 1.82) is 0 Å². The van der Waals surface area contributed by atoms with Crippen molar-refractivity contribution in [3.05, 3.63) is 70.9 Å². The molecule has 2 aliphatic heterocycles. The molecule has 1 aromatic heterocycles. The predicted molar refractivity (Wildman–Crippen MR) is 147 cm³/mol. The molecular formula is C28H37N5S. The van der Waals surface area contributed by atoms with Gasteiger partial charge in [0.1, 0.15) is 10.7 Å². The van der Waals surface area contributed by atoms with Gasteiger partial charge < -0.3 is 15.5 Å². The molecule has 1 atom stereocenters. The fraction of sp³-hybridized carbons (Fsp3) is 0.429. The smallest absolute Gasteiger partial charge is 0.158 e. The third-order valence-electron chi connectivity index (χ3n) is 7.30. The quantitative estimate of drug-likeness (QED) is 0.506. The Morgan fingerprint density at radius 1 is 1.09 bits per heavy atom. The van der Waals surface area contributed by atoms with Gasteiger partial charge in [-0.15, -0.1) is 11.3 Å². The Balaban J connectivity index is 0.00000152. The highest BCUT2D eigenvalue weighted by molar-refractivity contribution is 7.16. The summed E-state index contributed by atoms with van der Waals surface area (Å²) in [5.74, 6) is 1.65. The Labute approximate surface area is 209 Å². The van der Waals surface area contributed by atoms with Crippen molar-refractivity contribution in [1.82, 2.24) is 15.2 Å². The molecule has 0 radical (unpaired) electrons. The highest BCUT2D eigenvalue weighted by Crippen LogP contribution is 2.43. The van der Waals surface area contributed by atoms with Crippen LogP contribution in [0.2, 0.25) is 0 Å². The number of fused-ring (bicyclic) bond motifs is 2. The minimum Gasteiger partial charge on any atom is -0.353 e. The highest BCUT2D eigenvalue weighted by Gasteiger charge is 2.30. The number of benzene rings is 1. The summed E-state index contributed by atoms with van der Waals surface area (Å²) in [6, 6.07) is 8.80. The van der Waals surface area contributed by atoms with Crippen molar-refractivity contribution in [3.8, 4) is 0 Å². The average molecular weight is 476 g/mol. The number of aliphatic imine (C=N–C) groups is 1. The number of thiazole rings is 1. The molecule has 0 amide bonds. The molecule has 180 valence electrons. The molecule has 6 rings (SSSR count). The largest absolute Gasteiger partial charge is 0.353 e. The molecule has 3 heterocycles. The highest BCUT2D eigenvalue weighted by atomic mass is 32.1. The number of amidine groups is 1. The van der Waals surface area contributed by atoms with Gasteiger partial charge >= 0.3 is 0 Å². The van der Waals surface area contributed by atoms with Crippen LogP contribution in [0.3, 0.4) is 0 Å². The van der Waals surface area contributed by atoms with Crippen LogP contribution in [0.1, 0.15) is 64.4 Å². The SMILES string of the molecule is C1=CC=C(C[C@H]2CN(C3=Nc4ccccc4Nc4sc(C5CCCC5)nc43)CCCN2)CC=C1.[HH].[HH]. The number of para-hydroxylation sites is 2. The van der Waals surface area contributed by atoms with Gasteiger partial charge in [0.05, 0.1) is 16.4 Å². The maximum Gasteiger partial charge on any atom is 0.158 e. The first kappa shape index (κ1) is 21.8. The Morgan fingerprint density at radius 3 is 2.94 bits per heavy atom. The van der Waals surface area contributed by atoms with Crippen LogP contribution in [-0.2, 0) is 0 Å². The van der Waals surface area contributed by atoms with E-state index in [2.05, 4.69) is 70.2 Å². The Morgan fingerprint density at radius 2 is 2.00 bits per heavy atom. The third-order valence-corrected chi connectivity index (χ3v) is 8.43. The van der Waals surface area contributed by atoms with E-state index in [9.17, 15) is 0 Å². The first-order chi connectivity index (χ1) is 16.8. The Bertz CT molecular complexity index is 1160. The van der Waals surface area contributed by atoms with Crippen LogP contribution >= 0.6 is 11.3 Å². The van der Waals surface area contributed by atoms with E-state index in [1.807, 2.05) is 11.3 Å². The molecular weight excluding hydrogens is 438 g/mol. The summed E-state index contributed by atoms with van der Waals surface area (Å²) < 4.78 is 0. The molecule has 0 spiro atoms. The minimum atomic E-state index is 0. The summed E-state index contributed by atoms with van der Waals surface area (Å²) in [6.45, 7) is 2.99. The molecule has 0 bridgehead atoms. The second-order valence-electron chi connectivity index (χ2n) is 9.79.